The van der Waals surface area contributed by atoms with Crippen LogP contribution in [0.1, 0.15) is 21.7 Å². The van der Waals surface area contributed by atoms with E-state index in [1.165, 1.54) is 11.8 Å². The van der Waals surface area contributed by atoms with Gasteiger partial charge in [-0.3, -0.25) is 9.59 Å². The predicted octanol–water partition coefficient (Wildman–Crippen LogP) is 1.66. The lowest BCUT2D eigenvalue weighted by Crippen LogP contribution is -2.52. The number of nitrogens with one attached hydrogen (secondary N) is 1. The third kappa shape index (κ3) is 4.48. The number of benzene rings is 1. The molecule has 2 heterocycles. The minimum absolute atomic E-state index is 0.0669. The Bertz CT molecular complexity index is 702. The van der Waals surface area contributed by atoms with Gasteiger partial charge in [0.25, 0.3) is 5.91 Å². The second-order valence-corrected chi connectivity index (χ2v) is 6.24. The van der Waals surface area contributed by atoms with Gasteiger partial charge in [0.05, 0.1) is 12.8 Å². The number of carbonyl (C=O) groups excluding carboxylic acids is 2. The van der Waals surface area contributed by atoms with E-state index in [0.717, 1.165) is 5.56 Å². The number of nitrogens with zero attached hydrogens (tertiary/aromatic N) is 2. The molecule has 1 aromatic heterocycles. The second-order valence-electron chi connectivity index (χ2n) is 6.24. The Labute approximate surface area is 147 Å². The lowest BCUT2D eigenvalue weighted by Gasteiger charge is -2.34. The number of hydrogen-bond donors (Lipinski definition) is 1. The Hall–Kier alpha value is -2.60. The Kier molecular flexibility index (Phi) is 5.50. The molecule has 1 aliphatic rings. The normalized spacial score (nSPS) is 14.6. The summed E-state index contributed by atoms with van der Waals surface area (Å²) >= 11 is 0. The van der Waals surface area contributed by atoms with Crippen molar-refractivity contribution in [2.75, 3.05) is 32.7 Å². The zero-order valence-electron chi connectivity index (χ0n) is 14.4. The highest BCUT2D eigenvalue weighted by atomic mass is 16.3. The standard InChI is InChI=1S/C19H23N3O3/c1-15-4-6-16(7-5-15)13-20-14-18(23)21-8-10-22(11-9-21)19(24)17-3-2-12-25-17/h2-7,12,20H,8-11,13-14H2,1H3. The minimum atomic E-state index is -0.116. The van der Waals surface area contributed by atoms with Crippen LogP contribution in [0.15, 0.2) is 47.1 Å². The van der Waals surface area contributed by atoms with Crippen molar-refractivity contribution < 1.29 is 14.0 Å². The molecule has 0 radical (unpaired) electrons. The molecule has 25 heavy (non-hydrogen) atoms. The first-order valence-electron chi connectivity index (χ1n) is 8.50. The molecule has 1 aromatic carbocycles. The lowest BCUT2D eigenvalue weighted by molar-refractivity contribution is -0.131. The van der Waals surface area contributed by atoms with Crippen LogP contribution in [0, 0.1) is 6.92 Å². The number of hydrogen-bond acceptors (Lipinski definition) is 4. The van der Waals surface area contributed by atoms with Gasteiger partial charge in [-0.05, 0) is 24.6 Å². The van der Waals surface area contributed by atoms with Crippen molar-refractivity contribution in [1.82, 2.24) is 15.1 Å². The van der Waals surface area contributed by atoms with E-state index in [1.807, 2.05) is 0 Å². The molecule has 2 aromatic rings. The van der Waals surface area contributed by atoms with E-state index >= 15 is 0 Å². The third-order valence-electron chi connectivity index (χ3n) is 4.38. The van der Waals surface area contributed by atoms with E-state index in [-0.39, 0.29) is 11.8 Å². The Balaban J connectivity index is 1.41. The minimum Gasteiger partial charge on any atom is -0.459 e. The van der Waals surface area contributed by atoms with E-state index in [4.69, 9.17) is 4.42 Å². The fraction of sp³-hybridized carbons (Fsp3) is 0.368. The van der Waals surface area contributed by atoms with Crippen molar-refractivity contribution in [1.29, 1.82) is 0 Å². The molecule has 3 rings (SSSR count). The number of rotatable bonds is 5. The molecule has 0 aliphatic carbocycles. The molecular weight excluding hydrogens is 318 g/mol. The maximum absolute atomic E-state index is 12.3. The van der Waals surface area contributed by atoms with Crippen molar-refractivity contribution in [3.05, 3.63) is 59.5 Å². The van der Waals surface area contributed by atoms with Crippen LogP contribution in [0.2, 0.25) is 0 Å². The van der Waals surface area contributed by atoms with Gasteiger partial charge in [0.2, 0.25) is 5.91 Å². The molecule has 0 saturated carbocycles. The number of piperazine rings is 1. The molecule has 2 amide bonds. The summed E-state index contributed by atoms with van der Waals surface area (Å²) in [5.74, 6) is 0.298. The Morgan fingerprint density at radius 1 is 1.04 bits per heavy atom. The van der Waals surface area contributed by atoms with Crippen molar-refractivity contribution >= 4 is 11.8 Å². The van der Waals surface area contributed by atoms with Crippen LogP contribution in [-0.4, -0.2) is 54.3 Å². The molecule has 0 unspecified atom stereocenters. The van der Waals surface area contributed by atoms with E-state index in [0.29, 0.717) is 45.0 Å². The second kappa shape index (κ2) is 7.98. The summed E-state index contributed by atoms with van der Waals surface area (Å²) in [5, 5.41) is 3.19. The predicted molar refractivity (Wildman–Crippen MR) is 94.1 cm³/mol. The molecule has 132 valence electrons. The quantitative estimate of drug-likeness (QED) is 0.898. The molecule has 1 fully saturated rings. The van der Waals surface area contributed by atoms with Crippen LogP contribution >= 0.6 is 0 Å². The number of amides is 2. The zero-order valence-corrected chi connectivity index (χ0v) is 14.4. The van der Waals surface area contributed by atoms with Crippen molar-refractivity contribution in [2.24, 2.45) is 0 Å². The van der Waals surface area contributed by atoms with Crippen LogP contribution < -0.4 is 5.32 Å². The van der Waals surface area contributed by atoms with Gasteiger partial charge in [0, 0.05) is 32.7 Å². The summed E-state index contributed by atoms with van der Waals surface area (Å²) in [7, 11) is 0. The van der Waals surface area contributed by atoms with Gasteiger partial charge in [-0.2, -0.15) is 0 Å². The summed E-state index contributed by atoms with van der Waals surface area (Å²) < 4.78 is 5.14. The van der Waals surface area contributed by atoms with Gasteiger partial charge >= 0.3 is 0 Å². The first-order chi connectivity index (χ1) is 12.1. The fourth-order valence-corrected chi connectivity index (χ4v) is 2.85. The lowest BCUT2D eigenvalue weighted by atomic mass is 10.1. The number of carbonyl (C=O) groups is 2. The summed E-state index contributed by atoms with van der Waals surface area (Å²) in [6, 6.07) is 11.6. The highest BCUT2D eigenvalue weighted by Crippen LogP contribution is 2.09. The van der Waals surface area contributed by atoms with E-state index in [1.54, 1.807) is 21.9 Å². The SMILES string of the molecule is Cc1ccc(CNCC(=O)N2CCN(C(=O)c3ccco3)CC2)cc1. The first kappa shape index (κ1) is 17.2. The highest BCUT2D eigenvalue weighted by Gasteiger charge is 2.25. The fourth-order valence-electron chi connectivity index (χ4n) is 2.85. The van der Waals surface area contributed by atoms with Crippen LogP contribution in [0.25, 0.3) is 0 Å². The molecule has 1 N–H and O–H groups in total. The van der Waals surface area contributed by atoms with Crippen LogP contribution in [0.5, 0.6) is 0 Å². The van der Waals surface area contributed by atoms with Crippen LogP contribution in [0.3, 0.4) is 0 Å². The number of furan rings is 1. The van der Waals surface area contributed by atoms with Gasteiger partial charge in [-0.25, -0.2) is 0 Å². The van der Waals surface area contributed by atoms with Gasteiger partial charge in [-0.1, -0.05) is 29.8 Å². The third-order valence-corrected chi connectivity index (χ3v) is 4.38. The topological polar surface area (TPSA) is 65.8 Å². The van der Waals surface area contributed by atoms with Crippen LogP contribution in [-0.2, 0) is 11.3 Å². The maximum atomic E-state index is 12.3. The molecule has 1 aliphatic heterocycles. The smallest absolute Gasteiger partial charge is 0.289 e. The molecule has 0 bridgehead atoms. The molecule has 1 saturated heterocycles. The van der Waals surface area contributed by atoms with E-state index in [2.05, 4.69) is 36.5 Å². The molecular formula is C19H23N3O3. The maximum Gasteiger partial charge on any atom is 0.289 e. The van der Waals surface area contributed by atoms with Gasteiger partial charge < -0.3 is 19.5 Å². The number of aryl methyl sites for hydroxylation is 1. The highest BCUT2D eigenvalue weighted by molar-refractivity contribution is 5.91. The van der Waals surface area contributed by atoms with Crippen LogP contribution in [0.4, 0.5) is 0 Å². The first-order valence-corrected chi connectivity index (χ1v) is 8.50. The molecule has 6 heteroatoms. The largest absolute Gasteiger partial charge is 0.459 e. The van der Waals surface area contributed by atoms with Crippen molar-refractivity contribution in [3.63, 3.8) is 0 Å². The summed E-state index contributed by atoms with van der Waals surface area (Å²) in [6.07, 6.45) is 1.49. The van der Waals surface area contributed by atoms with Crippen molar-refractivity contribution in [2.45, 2.75) is 13.5 Å². The van der Waals surface area contributed by atoms with Crippen molar-refractivity contribution in [3.8, 4) is 0 Å². The Morgan fingerprint density at radius 3 is 2.36 bits per heavy atom. The summed E-state index contributed by atoms with van der Waals surface area (Å²) in [5.41, 5.74) is 2.38. The van der Waals surface area contributed by atoms with Gasteiger partial charge in [-0.15, -0.1) is 0 Å². The van der Waals surface area contributed by atoms with E-state index < -0.39 is 0 Å². The summed E-state index contributed by atoms with van der Waals surface area (Å²) in [6.45, 7) is 5.20. The average Bonchev–Trinajstić information content (AvgIpc) is 3.17. The molecule has 0 spiro atoms. The van der Waals surface area contributed by atoms with Gasteiger partial charge in [0.1, 0.15) is 0 Å². The average molecular weight is 341 g/mol. The Morgan fingerprint density at radius 2 is 1.72 bits per heavy atom. The summed E-state index contributed by atoms with van der Waals surface area (Å²) in [4.78, 5) is 28.0. The molecule has 6 nitrogen and oxygen atoms in total. The van der Waals surface area contributed by atoms with E-state index in [9.17, 15) is 9.59 Å². The molecule has 0 atom stereocenters. The monoisotopic (exact) mass is 341 g/mol. The van der Waals surface area contributed by atoms with Gasteiger partial charge in [0.15, 0.2) is 5.76 Å². The zero-order chi connectivity index (χ0) is 17.6.